The molecular weight excluding hydrogens is 268 g/mol. The largest absolute Gasteiger partial charge is 0.453 e. The highest BCUT2D eigenvalue weighted by molar-refractivity contribution is 6.42. The molecule has 5 heteroatoms. The summed E-state index contributed by atoms with van der Waals surface area (Å²) in [5, 5.41) is 1.17. The van der Waals surface area contributed by atoms with Gasteiger partial charge in [-0.15, -0.1) is 0 Å². The van der Waals surface area contributed by atoms with Gasteiger partial charge in [0.05, 0.1) is 22.4 Å². The zero-order chi connectivity index (χ0) is 11.7. The van der Waals surface area contributed by atoms with Crippen molar-refractivity contribution in [2.75, 3.05) is 0 Å². The zero-order valence-electron chi connectivity index (χ0n) is 8.08. The van der Waals surface area contributed by atoms with E-state index in [4.69, 9.17) is 45.0 Å². The third-order valence-corrected chi connectivity index (χ3v) is 3.44. The molecule has 84 valence electrons. The van der Waals surface area contributed by atoms with E-state index in [-0.39, 0.29) is 5.22 Å². The van der Waals surface area contributed by atoms with Gasteiger partial charge in [0.2, 0.25) is 0 Å². The Labute approximate surface area is 108 Å². The minimum absolute atomic E-state index is 0.267. The molecule has 16 heavy (non-hydrogen) atoms. The Hall–Kier alpha value is -0.670. The van der Waals surface area contributed by atoms with Crippen molar-refractivity contribution in [1.29, 1.82) is 0 Å². The molecule has 1 heterocycles. The molecule has 1 aromatic heterocycles. The van der Waals surface area contributed by atoms with Crippen molar-refractivity contribution >= 4 is 34.8 Å². The number of rotatable bonds is 2. The van der Waals surface area contributed by atoms with Gasteiger partial charge in [0.25, 0.3) is 0 Å². The lowest BCUT2D eigenvalue weighted by atomic mass is 10.0. The highest BCUT2D eigenvalue weighted by Gasteiger charge is 2.18. The predicted octanol–water partition coefficient (Wildman–Crippen LogP) is 4.29. The quantitative estimate of drug-likeness (QED) is 0.889. The van der Waals surface area contributed by atoms with Gasteiger partial charge >= 0.3 is 0 Å². The maximum atomic E-state index is 6.07. The van der Waals surface area contributed by atoms with Gasteiger partial charge in [-0.3, -0.25) is 0 Å². The van der Waals surface area contributed by atoms with E-state index in [1.165, 1.54) is 6.26 Å². The van der Waals surface area contributed by atoms with Crippen molar-refractivity contribution < 1.29 is 4.42 Å². The second kappa shape index (κ2) is 4.68. The Morgan fingerprint density at radius 1 is 1.06 bits per heavy atom. The maximum absolute atomic E-state index is 6.07. The van der Waals surface area contributed by atoms with Crippen molar-refractivity contribution in [3.63, 3.8) is 0 Å². The first-order chi connectivity index (χ1) is 7.61. The van der Waals surface area contributed by atoms with Crippen LogP contribution in [-0.4, -0.2) is 0 Å². The van der Waals surface area contributed by atoms with Crippen LogP contribution in [0.3, 0.4) is 0 Å². The van der Waals surface area contributed by atoms with E-state index < -0.39 is 6.04 Å². The van der Waals surface area contributed by atoms with Crippen LogP contribution in [-0.2, 0) is 0 Å². The van der Waals surface area contributed by atoms with Gasteiger partial charge in [-0.2, -0.15) is 0 Å². The SMILES string of the molecule is NC(c1ccoc1Cl)c1cccc(Cl)c1Cl. The maximum Gasteiger partial charge on any atom is 0.198 e. The fourth-order valence-corrected chi connectivity index (χ4v) is 2.11. The van der Waals surface area contributed by atoms with Gasteiger partial charge in [0, 0.05) is 5.56 Å². The van der Waals surface area contributed by atoms with Gasteiger partial charge in [0.1, 0.15) is 0 Å². The van der Waals surface area contributed by atoms with Gasteiger partial charge in [-0.05, 0) is 29.3 Å². The summed E-state index contributed by atoms with van der Waals surface area (Å²) in [5.74, 6) is 0. The number of nitrogens with two attached hydrogens (primary N) is 1. The molecule has 0 aliphatic carbocycles. The van der Waals surface area contributed by atoms with E-state index in [0.717, 1.165) is 5.56 Å². The second-order valence-corrected chi connectivity index (χ2v) is 4.40. The number of benzene rings is 1. The zero-order valence-corrected chi connectivity index (χ0v) is 10.4. The van der Waals surface area contributed by atoms with Crippen LogP contribution in [0.5, 0.6) is 0 Å². The van der Waals surface area contributed by atoms with Gasteiger partial charge in [0.15, 0.2) is 5.22 Å². The summed E-state index contributed by atoms with van der Waals surface area (Å²) in [4.78, 5) is 0. The molecule has 0 aliphatic heterocycles. The fraction of sp³-hybridized carbons (Fsp3) is 0.0909. The average molecular weight is 277 g/mol. The third kappa shape index (κ3) is 2.06. The normalized spacial score (nSPS) is 12.8. The van der Waals surface area contributed by atoms with Crippen molar-refractivity contribution in [2.45, 2.75) is 6.04 Å². The van der Waals surface area contributed by atoms with Crippen LogP contribution in [0.25, 0.3) is 0 Å². The lowest BCUT2D eigenvalue weighted by Gasteiger charge is -2.13. The third-order valence-electron chi connectivity index (χ3n) is 2.30. The Morgan fingerprint density at radius 2 is 1.81 bits per heavy atom. The molecule has 2 nitrogen and oxygen atoms in total. The standard InChI is InChI=1S/C11H8Cl3NO/c12-8-3-1-2-6(9(8)13)10(15)7-4-5-16-11(7)14/h1-5,10H,15H2. The van der Waals surface area contributed by atoms with Crippen molar-refractivity contribution in [2.24, 2.45) is 5.73 Å². The topological polar surface area (TPSA) is 39.2 Å². The van der Waals surface area contributed by atoms with Crippen molar-refractivity contribution in [3.05, 3.63) is 56.9 Å². The smallest absolute Gasteiger partial charge is 0.198 e. The lowest BCUT2D eigenvalue weighted by molar-refractivity contribution is 0.564. The molecule has 1 atom stereocenters. The number of halogens is 3. The Bertz CT molecular complexity index is 510. The van der Waals surface area contributed by atoms with Crippen LogP contribution < -0.4 is 5.73 Å². The molecule has 1 unspecified atom stereocenters. The molecule has 1 aromatic carbocycles. The second-order valence-electron chi connectivity index (χ2n) is 3.27. The summed E-state index contributed by atoms with van der Waals surface area (Å²) in [6.07, 6.45) is 1.48. The van der Waals surface area contributed by atoms with E-state index in [0.29, 0.717) is 15.6 Å². The first-order valence-corrected chi connectivity index (χ1v) is 5.67. The van der Waals surface area contributed by atoms with Crippen molar-refractivity contribution in [1.82, 2.24) is 0 Å². The Balaban J connectivity index is 2.46. The molecule has 0 amide bonds. The average Bonchev–Trinajstić information content (AvgIpc) is 2.68. The molecule has 2 N–H and O–H groups in total. The number of furan rings is 1. The molecule has 0 aliphatic rings. The highest BCUT2D eigenvalue weighted by atomic mass is 35.5. The predicted molar refractivity (Wildman–Crippen MR) is 66.2 cm³/mol. The van der Waals surface area contributed by atoms with Crippen LogP contribution in [0.15, 0.2) is 34.9 Å². The van der Waals surface area contributed by atoms with E-state index >= 15 is 0 Å². The summed E-state index contributed by atoms with van der Waals surface area (Å²) in [6, 6.07) is 6.57. The molecule has 2 rings (SSSR count). The minimum atomic E-state index is -0.447. The van der Waals surface area contributed by atoms with Crippen LogP contribution in [0.2, 0.25) is 15.3 Å². The lowest BCUT2D eigenvalue weighted by Crippen LogP contribution is -2.12. The van der Waals surface area contributed by atoms with Crippen LogP contribution in [0, 0.1) is 0 Å². The molecule has 0 saturated heterocycles. The van der Waals surface area contributed by atoms with Crippen LogP contribution in [0.1, 0.15) is 17.2 Å². The first-order valence-electron chi connectivity index (χ1n) is 4.53. The molecule has 0 radical (unpaired) electrons. The molecule has 2 aromatic rings. The summed E-state index contributed by atoms with van der Waals surface area (Å²) in [6.45, 7) is 0. The Morgan fingerprint density at radius 3 is 2.44 bits per heavy atom. The molecule has 0 saturated carbocycles. The molecule has 0 bridgehead atoms. The van der Waals surface area contributed by atoms with E-state index in [9.17, 15) is 0 Å². The van der Waals surface area contributed by atoms with E-state index in [2.05, 4.69) is 0 Å². The molecular formula is C11H8Cl3NO. The highest BCUT2D eigenvalue weighted by Crippen LogP contribution is 2.34. The van der Waals surface area contributed by atoms with Crippen LogP contribution >= 0.6 is 34.8 Å². The summed E-state index contributed by atoms with van der Waals surface area (Å²) >= 11 is 17.8. The van der Waals surface area contributed by atoms with Crippen LogP contribution in [0.4, 0.5) is 0 Å². The van der Waals surface area contributed by atoms with E-state index in [1.807, 2.05) is 6.07 Å². The van der Waals surface area contributed by atoms with Crippen molar-refractivity contribution in [3.8, 4) is 0 Å². The number of hydrogen-bond donors (Lipinski definition) is 1. The fourth-order valence-electron chi connectivity index (χ4n) is 1.45. The monoisotopic (exact) mass is 275 g/mol. The van der Waals surface area contributed by atoms with Gasteiger partial charge in [-0.1, -0.05) is 35.3 Å². The first kappa shape index (κ1) is 11.8. The van der Waals surface area contributed by atoms with E-state index in [1.54, 1.807) is 18.2 Å². The molecule has 0 spiro atoms. The summed E-state index contributed by atoms with van der Waals surface area (Å²) in [7, 11) is 0. The number of hydrogen-bond acceptors (Lipinski definition) is 2. The molecule has 0 fully saturated rings. The van der Waals surface area contributed by atoms with Gasteiger partial charge in [-0.25, -0.2) is 0 Å². The summed E-state index contributed by atoms with van der Waals surface area (Å²) < 4.78 is 4.99. The Kier molecular flexibility index (Phi) is 3.45. The van der Waals surface area contributed by atoms with Gasteiger partial charge < -0.3 is 10.2 Å². The summed E-state index contributed by atoms with van der Waals surface area (Å²) in [5.41, 5.74) is 7.45. The minimum Gasteiger partial charge on any atom is -0.453 e.